The van der Waals surface area contributed by atoms with Crippen molar-refractivity contribution in [2.45, 2.75) is 69.1 Å². The first-order chi connectivity index (χ1) is 20.5. The Hall–Kier alpha value is -2.49. The summed E-state index contributed by atoms with van der Waals surface area (Å²) >= 11 is 1.66. The zero-order valence-electron chi connectivity index (χ0n) is 26.3. The molecule has 4 aromatic carbocycles. The van der Waals surface area contributed by atoms with Gasteiger partial charge in [-0.2, -0.15) is 11.8 Å². The van der Waals surface area contributed by atoms with Gasteiger partial charge in [0.1, 0.15) is 6.17 Å². The molecule has 0 aromatic heterocycles. The lowest BCUT2D eigenvalue weighted by Gasteiger charge is -2.46. The molecule has 0 bridgehead atoms. The van der Waals surface area contributed by atoms with Crippen molar-refractivity contribution in [3.63, 3.8) is 0 Å². The van der Waals surface area contributed by atoms with E-state index in [4.69, 9.17) is 8.85 Å². The van der Waals surface area contributed by atoms with Crippen molar-refractivity contribution in [2.24, 2.45) is 0 Å². The number of thioether (sulfide) groups is 1. The number of rotatable bonds is 9. The predicted molar refractivity (Wildman–Crippen MR) is 187 cm³/mol. The van der Waals surface area contributed by atoms with Gasteiger partial charge < -0.3 is 8.85 Å². The smallest absolute Gasteiger partial charge is 0.261 e. The number of alkyl halides is 1. The van der Waals surface area contributed by atoms with E-state index in [0.29, 0.717) is 12.4 Å². The van der Waals surface area contributed by atoms with Gasteiger partial charge in [0.25, 0.3) is 16.6 Å². The quantitative estimate of drug-likeness (QED) is 0.187. The Balaban J connectivity index is 1.56. The van der Waals surface area contributed by atoms with Crippen molar-refractivity contribution in [3.05, 3.63) is 121 Å². The standard InChI is InChI=1S/C37H45FO2SSi2/c1-36(2,3)42(29-19-11-7-12-20-29,30-21-13-8-14-22-30)39-27-34-35(33(38)28-41-34)40-43(37(4,5)6,31-23-15-9-16-24-31)32-25-17-10-18-26-32/h7-26,33-35H,27-28H2,1-6H3/t33-,34-,35+/m1/s1. The SMILES string of the molecule is CC(C)(C)[Si](OC[C@H]1SC[C@@H](F)[C@@H]1O[Si](c1ccccc1)(c1ccccc1)C(C)(C)C)(c1ccccc1)c1ccccc1. The summed E-state index contributed by atoms with van der Waals surface area (Å²) in [6, 6.07) is 42.5. The van der Waals surface area contributed by atoms with E-state index in [0.717, 1.165) is 0 Å². The summed E-state index contributed by atoms with van der Waals surface area (Å²) in [5.41, 5.74) is 0. The molecular weight excluding hydrogens is 584 g/mol. The maximum absolute atomic E-state index is 16.1. The second-order valence-corrected chi connectivity index (χ2v) is 23.4. The first-order valence-electron chi connectivity index (χ1n) is 15.3. The molecular formula is C37H45FO2SSi2. The van der Waals surface area contributed by atoms with Gasteiger partial charge in [0.2, 0.25) is 0 Å². The van der Waals surface area contributed by atoms with Gasteiger partial charge in [-0.15, -0.1) is 0 Å². The molecule has 43 heavy (non-hydrogen) atoms. The van der Waals surface area contributed by atoms with E-state index in [-0.39, 0.29) is 15.3 Å². The van der Waals surface area contributed by atoms with Gasteiger partial charge in [-0.25, -0.2) is 4.39 Å². The molecule has 0 saturated carbocycles. The van der Waals surface area contributed by atoms with E-state index in [9.17, 15) is 0 Å². The highest BCUT2D eigenvalue weighted by atomic mass is 32.2. The van der Waals surface area contributed by atoms with Crippen LogP contribution in [0.3, 0.4) is 0 Å². The van der Waals surface area contributed by atoms with Gasteiger partial charge in [-0.05, 0) is 30.8 Å². The lowest BCUT2D eigenvalue weighted by Crippen LogP contribution is -2.69. The Morgan fingerprint density at radius 1 is 0.605 bits per heavy atom. The molecule has 0 radical (unpaired) electrons. The number of halogens is 1. The molecule has 226 valence electrons. The number of hydrogen-bond donors (Lipinski definition) is 0. The normalized spacial score (nSPS) is 19.8. The fourth-order valence-electron chi connectivity index (χ4n) is 6.79. The van der Waals surface area contributed by atoms with Crippen LogP contribution in [0.25, 0.3) is 0 Å². The molecule has 4 aromatic rings. The molecule has 0 spiro atoms. The first kappa shape index (κ1) is 31.9. The third-order valence-electron chi connectivity index (χ3n) is 8.80. The summed E-state index contributed by atoms with van der Waals surface area (Å²) in [6.45, 7) is 14.0. The highest BCUT2D eigenvalue weighted by molar-refractivity contribution is 8.00. The Kier molecular flexibility index (Phi) is 9.55. The molecule has 1 heterocycles. The minimum atomic E-state index is -2.93. The van der Waals surface area contributed by atoms with Crippen LogP contribution in [-0.4, -0.2) is 46.5 Å². The van der Waals surface area contributed by atoms with Crippen molar-refractivity contribution < 1.29 is 13.2 Å². The maximum Gasteiger partial charge on any atom is 0.261 e. The second-order valence-electron chi connectivity index (χ2n) is 13.6. The van der Waals surface area contributed by atoms with E-state index in [1.807, 2.05) is 12.1 Å². The van der Waals surface area contributed by atoms with E-state index < -0.39 is 28.9 Å². The lowest BCUT2D eigenvalue weighted by molar-refractivity contribution is 0.0953. The van der Waals surface area contributed by atoms with Crippen LogP contribution < -0.4 is 20.7 Å². The minimum absolute atomic E-state index is 0.127. The summed E-state index contributed by atoms with van der Waals surface area (Å²) in [5, 5.41) is 4.30. The van der Waals surface area contributed by atoms with Crippen molar-refractivity contribution in [3.8, 4) is 0 Å². The van der Waals surface area contributed by atoms with Crippen molar-refractivity contribution in [1.29, 1.82) is 0 Å². The second kappa shape index (κ2) is 12.9. The van der Waals surface area contributed by atoms with Gasteiger partial charge in [0.15, 0.2) is 0 Å². The van der Waals surface area contributed by atoms with E-state index in [1.165, 1.54) is 20.7 Å². The highest BCUT2D eigenvalue weighted by Gasteiger charge is 2.56. The lowest BCUT2D eigenvalue weighted by atomic mass is 10.2. The highest BCUT2D eigenvalue weighted by Crippen LogP contribution is 2.43. The molecule has 1 fully saturated rings. The van der Waals surface area contributed by atoms with E-state index in [1.54, 1.807) is 11.8 Å². The number of benzene rings is 4. The molecule has 0 amide bonds. The molecule has 6 heteroatoms. The van der Waals surface area contributed by atoms with Gasteiger partial charge >= 0.3 is 0 Å². The summed E-state index contributed by atoms with van der Waals surface area (Å²) in [7, 11) is -5.71. The van der Waals surface area contributed by atoms with Crippen LogP contribution in [0.4, 0.5) is 4.39 Å². The molecule has 0 unspecified atom stereocenters. The molecule has 0 N–H and O–H groups in total. The van der Waals surface area contributed by atoms with Crippen LogP contribution in [0, 0.1) is 0 Å². The average molecular weight is 629 g/mol. The van der Waals surface area contributed by atoms with Crippen LogP contribution in [0.1, 0.15) is 41.5 Å². The Morgan fingerprint density at radius 2 is 0.953 bits per heavy atom. The van der Waals surface area contributed by atoms with E-state index >= 15 is 4.39 Å². The van der Waals surface area contributed by atoms with Crippen molar-refractivity contribution in [1.82, 2.24) is 0 Å². The van der Waals surface area contributed by atoms with Crippen LogP contribution in [0.15, 0.2) is 121 Å². The van der Waals surface area contributed by atoms with Crippen LogP contribution >= 0.6 is 11.8 Å². The Bertz CT molecular complexity index is 1360. The molecule has 1 aliphatic rings. The number of hydrogen-bond acceptors (Lipinski definition) is 3. The Morgan fingerprint density at radius 3 is 1.30 bits per heavy atom. The monoisotopic (exact) mass is 628 g/mol. The largest absolute Gasteiger partial charge is 0.406 e. The summed E-state index contributed by atoms with van der Waals surface area (Å²) in [5.74, 6) is 0.414. The van der Waals surface area contributed by atoms with Gasteiger partial charge in [-0.1, -0.05) is 163 Å². The topological polar surface area (TPSA) is 18.5 Å². The average Bonchev–Trinajstić information content (AvgIpc) is 3.35. The summed E-state index contributed by atoms with van der Waals surface area (Å²) < 4.78 is 30.8. The van der Waals surface area contributed by atoms with Crippen molar-refractivity contribution >= 4 is 49.1 Å². The molecule has 2 nitrogen and oxygen atoms in total. The van der Waals surface area contributed by atoms with Gasteiger partial charge in [-0.3, -0.25) is 0 Å². The molecule has 1 aliphatic heterocycles. The Labute approximate surface area is 264 Å². The maximum atomic E-state index is 16.1. The summed E-state index contributed by atoms with van der Waals surface area (Å²) in [4.78, 5) is 0. The molecule has 5 rings (SSSR count). The van der Waals surface area contributed by atoms with Gasteiger partial charge in [0, 0.05) is 12.4 Å². The zero-order chi connectivity index (χ0) is 30.7. The predicted octanol–water partition coefficient (Wildman–Crippen LogP) is 6.96. The van der Waals surface area contributed by atoms with E-state index in [2.05, 4.69) is 151 Å². The summed E-state index contributed by atoms with van der Waals surface area (Å²) in [6.07, 6.45) is -1.64. The third kappa shape index (κ3) is 6.10. The van der Waals surface area contributed by atoms with Gasteiger partial charge in [0.05, 0.1) is 11.4 Å². The molecule has 3 atom stereocenters. The minimum Gasteiger partial charge on any atom is -0.406 e. The fraction of sp³-hybridized carbons (Fsp3) is 0.351. The first-order valence-corrected chi connectivity index (χ1v) is 20.2. The van der Waals surface area contributed by atoms with Crippen molar-refractivity contribution in [2.75, 3.05) is 12.4 Å². The molecule has 1 saturated heterocycles. The zero-order valence-corrected chi connectivity index (χ0v) is 29.1. The fourth-order valence-corrected chi connectivity index (χ4v) is 17.5. The third-order valence-corrected chi connectivity index (χ3v) is 20.2. The van der Waals surface area contributed by atoms with Crippen LogP contribution in [0.5, 0.6) is 0 Å². The van der Waals surface area contributed by atoms with Crippen LogP contribution in [-0.2, 0) is 8.85 Å². The molecule has 0 aliphatic carbocycles. The van der Waals surface area contributed by atoms with Crippen LogP contribution in [0.2, 0.25) is 10.1 Å².